The van der Waals surface area contributed by atoms with Crippen LogP contribution in [0.2, 0.25) is 15.6 Å². The molecule has 2 aliphatic heterocycles. The number of nitrogens with one attached hydrogen (secondary N) is 1. The van der Waals surface area contributed by atoms with Crippen molar-refractivity contribution in [1.82, 2.24) is 39.7 Å². The molecule has 18 nitrogen and oxygen atoms in total. The van der Waals surface area contributed by atoms with Gasteiger partial charge in [-0.2, -0.15) is 36.3 Å². The van der Waals surface area contributed by atoms with Gasteiger partial charge < -0.3 is 49.6 Å². The SMILES string of the molecule is COc1nc(N2CCN(C(=O)OC(C)(C)C)CC2)ccc1N.COc1nc(N2CCN(C(=O)OC(C)(C)C)CC2)ccc1Nc1ncc(C(F)(F)F)c(Cl)n1.FC(F)(F)c1cnc(Cl)nc1Cl.II.I[I-]I. The van der Waals surface area contributed by atoms with Crippen LogP contribution in [0, 0.1) is 0 Å². The predicted octanol–water partition coefficient (Wildman–Crippen LogP) is 9.43. The molecule has 0 spiro atoms. The van der Waals surface area contributed by atoms with E-state index < -0.39 is 45.0 Å². The first-order chi connectivity index (χ1) is 33.5. The van der Waals surface area contributed by atoms with Gasteiger partial charge in [-0.05, 0) is 77.4 Å². The first kappa shape index (κ1) is 66.0. The van der Waals surface area contributed by atoms with Crippen LogP contribution in [0.4, 0.5) is 64.9 Å². The van der Waals surface area contributed by atoms with E-state index in [1.165, 1.54) is 7.11 Å². The molecule has 6 rings (SSSR count). The van der Waals surface area contributed by atoms with Gasteiger partial charge in [0.1, 0.15) is 50.0 Å². The average Bonchev–Trinajstić information content (AvgIpc) is 3.29. The summed E-state index contributed by atoms with van der Waals surface area (Å²) in [6.45, 7) is 15.7. The Hall–Kier alpha value is -2.10. The number of nitrogens with zero attached hydrogens (tertiary/aromatic N) is 10. The number of aromatic nitrogens is 6. The average molecular weight is 1650 g/mol. The molecule has 0 aliphatic carbocycles. The minimum atomic E-state index is -4.65. The van der Waals surface area contributed by atoms with E-state index in [0.29, 0.717) is 101 Å². The van der Waals surface area contributed by atoms with Crippen LogP contribution in [0.25, 0.3) is 0 Å². The summed E-state index contributed by atoms with van der Waals surface area (Å²) in [4.78, 5) is 54.2. The van der Waals surface area contributed by atoms with Gasteiger partial charge in [0.2, 0.25) is 23.0 Å². The van der Waals surface area contributed by atoms with Gasteiger partial charge in [0.15, 0.2) is 0 Å². The number of ether oxygens (including phenoxy) is 4. The maximum atomic E-state index is 12.8. The van der Waals surface area contributed by atoms with Gasteiger partial charge >= 0.3 is 75.0 Å². The first-order valence-electron chi connectivity index (χ1n) is 20.4. The molecule has 4 aromatic heterocycles. The summed E-state index contributed by atoms with van der Waals surface area (Å²) in [6.07, 6.45) is -8.67. The van der Waals surface area contributed by atoms with Crippen LogP contribution in [0.1, 0.15) is 52.7 Å². The van der Waals surface area contributed by atoms with Crippen molar-refractivity contribution in [1.29, 1.82) is 0 Å². The van der Waals surface area contributed by atoms with E-state index in [1.807, 2.05) is 52.5 Å². The van der Waals surface area contributed by atoms with Crippen LogP contribution in [-0.2, 0) is 21.8 Å². The van der Waals surface area contributed by atoms with Crippen LogP contribution in [0.3, 0.4) is 0 Å². The topological polar surface area (TPSA) is 199 Å². The third-order valence-corrected chi connectivity index (χ3v) is 9.69. The number of nitrogen functional groups attached to an aromatic ring is 1. The Labute approximate surface area is 480 Å². The molecule has 32 heteroatoms. The number of pyridine rings is 2. The third kappa shape index (κ3) is 22.6. The molecular formula is C40H49Cl3F6I5N12O6-. The van der Waals surface area contributed by atoms with E-state index >= 15 is 0 Å². The number of hydrogen-bond donors (Lipinski definition) is 2. The second-order valence-corrected chi connectivity index (χ2v) is 33.6. The van der Waals surface area contributed by atoms with E-state index in [4.69, 9.17) is 59.5 Å². The van der Waals surface area contributed by atoms with Crippen molar-refractivity contribution in [2.24, 2.45) is 0 Å². The molecule has 0 aromatic carbocycles. The second-order valence-electron chi connectivity index (χ2n) is 16.3. The zero-order chi connectivity index (χ0) is 54.8. The molecular weight excluding hydrogens is 1600 g/mol. The summed E-state index contributed by atoms with van der Waals surface area (Å²) in [5, 5.41) is 1.05. The van der Waals surface area contributed by atoms with Gasteiger partial charge in [-0.3, -0.25) is 0 Å². The molecule has 0 atom stereocenters. The van der Waals surface area contributed by atoms with Crippen molar-refractivity contribution in [3.8, 4) is 11.8 Å². The Morgan fingerprint density at radius 2 is 1.03 bits per heavy atom. The molecule has 3 N–H and O–H groups in total. The zero-order valence-corrected chi connectivity index (χ0v) is 52.5. The van der Waals surface area contributed by atoms with Crippen molar-refractivity contribution in [3.05, 3.63) is 63.4 Å². The fourth-order valence-corrected chi connectivity index (χ4v) is 6.44. The van der Waals surface area contributed by atoms with Crippen LogP contribution in [-0.4, -0.2) is 130 Å². The van der Waals surface area contributed by atoms with Crippen LogP contribution in [0.5, 0.6) is 11.8 Å². The predicted molar refractivity (Wildman–Crippen MR) is 294 cm³/mol. The number of rotatable bonds is 6. The molecule has 0 radical (unpaired) electrons. The number of piperazine rings is 2. The number of hydrogen-bond acceptors (Lipinski definition) is 16. The Bertz CT molecular complexity index is 2370. The van der Waals surface area contributed by atoms with Gasteiger partial charge in [0, 0.05) is 102 Å². The summed E-state index contributed by atoms with van der Waals surface area (Å²) in [5.41, 5.74) is 3.39. The molecule has 2 fully saturated rings. The summed E-state index contributed by atoms with van der Waals surface area (Å²) in [5.74, 6) is 1.91. The number of nitrogens with two attached hydrogens (primary N) is 1. The van der Waals surface area contributed by atoms with Crippen molar-refractivity contribution < 1.29 is 68.1 Å². The van der Waals surface area contributed by atoms with Gasteiger partial charge in [-0.25, -0.2) is 29.5 Å². The molecule has 4 aromatic rings. The van der Waals surface area contributed by atoms with E-state index in [2.05, 4.69) is 115 Å². The maximum absolute atomic E-state index is 12.8. The van der Waals surface area contributed by atoms with Gasteiger partial charge in [-0.15, -0.1) is 0 Å². The van der Waals surface area contributed by atoms with Crippen molar-refractivity contribution >= 4 is 150 Å². The van der Waals surface area contributed by atoms with Crippen LogP contribution < -0.4 is 43.6 Å². The van der Waals surface area contributed by atoms with Crippen molar-refractivity contribution in [3.63, 3.8) is 0 Å². The second kappa shape index (κ2) is 30.6. The number of methoxy groups -OCH3 is 2. The summed E-state index contributed by atoms with van der Waals surface area (Å²) < 4.78 is 95.7. The first-order valence-corrected chi connectivity index (χ1v) is 40.4. The molecule has 72 heavy (non-hydrogen) atoms. The van der Waals surface area contributed by atoms with Gasteiger partial charge in [0.25, 0.3) is 0 Å². The number of carbonyl (C=O) groups excluding carboxylic acids is 2. The number of carbonyl (C=O) groups is 2. The fraction of sp³-hybridized carbons (Fsp3) is 0.500. The number of alkyl halides is 6. The number of halogens is 14. The summed E-state index contributed by atoms with van der Waals surface area (Å²) in [6, 6.07) is 7.01. The number of anilines is 5. The molecule has 0 unspecified atom stereocenters. The fourth-order valence-electron chi connectivity index (χ4n) is 5.79. The third-order valence-electron chi connectivity index (χ3n) is 8.93. The standard InChI is InChI=1S/C20H24ClF3N6O3.C15H24N4O3.C5HCl2F3N2.I3.I2/c1-19(2,3)33-18(31)30-9-7-29(8-10-30)14-6-5-13(16(27-14)32-4)26-17-25-11-12(15(21)28-17)20(22,23)24;1-15(2,3)22-14(20)19-9-7-18(8-10-19)12-6-5-11(16)13(17-12)21-4;6-3-2(5(8,9)10)1-11-4(7)12-3;1-3-2;1-2/h5-6,11H,7-10H2,1-4H3,(H,25,26,28);5-6H,7-10,16H2,1-4H3;1H;;/q;;;-1;. The van der Waals surface area contributed by atoms with Gasteiger partial charge in [-0.1, -0.05) is 23.2 Å². The quantitative estimate of drug-likeness (QED) is 0.0800. The molecule has 0 saturated carbocycles. The minimum absolute atomic E-state index is 0.133. The Kier molecular flexibility index (Phi) is 28.0. The monoisotopic (exact) mass is 1650 g/mol. The Morgan fingerprint density at radius 1 is 0.639 bits per heavy atom. The normalized spacial score (nSPS) is 13.9. The Balaban J connectivity index is 0.000000390. The van der Waals surface area contributed by atoms with Crippen LogP contribution in [0.15, 0.2) is 36.7 Å². The summed E-state index contributed by atoms with van der Waals surface area (Å²) >= 11 is 25.5. The molecule has 2 aliphatic rings. The van der Waals surface area contributed by atoms with Gasteiger partial charge in [0.05, 0.1) is 19.9 Å². The Morgan fingerprint density at radius 3 is 1.40 bits per heavy atom. The number of amides is 2. The van der Waals surface area contributed by atoms with E-state index in [0.717, 1.165) is 5.82 Å². The van der Waals surface area contributed by atoms with E-state index in [9.17, 15) is 35.9 Å². The van der Waals surface area contributed by atoms with Crippen molar-refractivity contribution in [2.75, 3.05) is 87.4 Å². The molecule has 0 bridgehead atoms. The molecule has 2 saturated heterocycles. The molecule has 2 amide bonds. The van der Waals surface area contributed by atoms with Crippen LogP contribution >= 0.6 is 109 Å². The zero-order valence-electron chi connectivity index (χ0n) is 39.4. The van der Waals surface area contributed by atoms with Crippen molar-refractivity contribution in [2.45, 2.75) is 65.1 Å². The van der Waals surface area contributed by atoms with E-state index in [1.54, 1.807) is 35.1 Å². The molecule has 6 heterocycles. The summed E-state index contributed by atoms with van der Waals surface area (Å²) in [7, 11) is 2.96. The van der Waals surface area contributed by atoms with E-state index in [-0.39, 0.29) is 29.3 Å². The molecule has 404 valence electrons.